The molecule has 0 radical (unpaired) electrons. The molecule has 1 aliphatic carbocycles. The molecule has 2 aromatic carbocycles. The highest BCUT2D eigenvalue weighted by Crippen LogP contribution is 2.31. The van der Waals surface area contributed by atoms with Gasteiger partial charge >= 0.3 is 0 Å². The van der Waals surface area contributed by atoms with E-state index in [0.29, 0.717) is 18.2 Å². The van der Waals surface area contributed by atoms with E-state index in [2.05, 4.69) is 45.3 Å². The zero-order valence-electron chi connectivity index (χ0n) is 20.9. The Labute approximate surface area is 208 Å². The van der Waals surface area contributed by atoms with E-state index in [9.17, 15) is 4.79 Å². The number of carbonyl (C=O) groups is 1. The molecule has 1 atom stereocenters. The summed E-state index contributed by atoms with van der Waals surface area (Å²) < 4.78 is 5.57. The van der Waals surface area contributed by atoms with Crippen molar-refractivity contribution in [3.63, 3.8) is 0 Å². The van der Waals surface area contributed by atoms with Crippen molar-refractivity contribution < 1.29 is 9.53 Å². The molecule has 6 heteroatoms. The lowest BCUT2D eigenvalue weighted by atomic mass is 9.86. The largest absolute Gasteiger partial charge is 0.496 e. The molecular formula is C29H36N4O2. The van der Waals surface area contributed by atoms with Gasteiger partial charge in [0.1, 0.15) is 12.1 Å². The molecule has 1 heterocycles. The summed E-state index contributed by atoms with van der Waals surface area (Å²) in [5, 5.41) is 3.07. The molecule has 0 aliphatic heterocycles. The number of hydrogen-bond acceptors (Lipinski definition) is 5. The molecule has 0 bridgehead atoms. The lowest BCUT2D eigenvalue weighted by Gasteiger charge is -2.35. The van der Waals surface area contributed by atoms with E-state index in [1.165, 1.54) is 23.9 Å². The molecule has 1 aromatic heterocycles. The van der Waals surface area contributed by atoms with Crippen molar-refractivity contribution in [3.8, 4) is 16.9 Å². The van der Waals surface area contributed by atoms with Gasteiger partial charge in [-0.3, -0.25) is 4.79 Å². The quantitative estimate of drug-likeness (QED) is 0.401. The summed E-state index contributed by atoms with van der Waals surface area (Å²) in [6, 6.07) is 14.6. The van der Waals surface area contributed by atoms with Crippen LogP contribution in [0.4, 0.5) is 0 Å². The van der Waals surface area contributed by atoms with Gasteiger partial charge in [0, 0.05) is 36.1 Å². The minimum atomic E-state index is -0.0240. The fourth-order valence-corrected chi connectivity index (χ4v) is 5.03. The fourth-order valence-electron chi connectivity index (χ4n) is 5.03. The number of unbranched alkanes of at least 4 members (excludes halogenated alkanes) is 1. The molecule has 3 aromatic rings. The number of carbonyl (C=O) groups excluding carboxylic acids is 1. The van der Waals surface area contributed by atoms with Crippen molar-refractivity contribution in [3.05, 3.63) is 77.9 Å². The minimum absolute atomic E-state index is 0.0240. The Bertz CT molecular complexity index is 1090. The first-order valence-corrected chi connectivity index (χ1v) is 12.7. The van der Waals surface area contributed by atoms with E-state index >= 15 is 0 Å². The van der Waals surface area contributed by atoms with Gasteiger partial charge in [-0.05, 0) is 86.5 Å². The summed E-state index contributed by atoms with van der Waals surface area (Å²) in [4.78, 5) is 23.3. The van der Waals surface area contributed by atoms with Crippen molar-refractivity contribution in [1.29, 1.82) is 0 Å². The average Bonchev–Trinajstić information content (AvgIpc) is 2.92. The monoisotopic (exact) mass is 472 g/mol. The Morgan fingerprint density at radius 1 is 1.06 bits per heavy atom. The molecule has 1 unspecified atom stereocenters. The zero-order valence-corrected chi connectivity index (χ0v) is 20.9. The molecule has 1 N–H and O–H groups in total. The predicted molar refractivity (Wildman–Crippen MR) is 140 cm³/mol. The molecule has 0 spiro atoms. The third-order valence-electron chi connectivity index (χ3n) is 6.86. The summed E-state index contributed by atoms with van der Waals surface area (Å²) in [5.41, 5.74) is 5.43. The fraction of sp³-hybridized carbons (Fsp3) is 0.414. The topological polar surface area (TPSA) is 67.4 Å². The molecular weight excluding hydrogens is 436 g/mol. The Morgan fingerprint density at radius 3 is 2.60 bits per heavy atom. The second kappa shape index (κ2) is 12.5. The van der Waals surface area contributed by atoms with Crippen LogP contribution in [0.5, 0.6) is 5.75 Å². The van der Waals surface area contributed by atoms with Gasteiger partial charge in [0.15, 0.2) is 0 Å². The highest BCUT2D eigenvalue weighted by atomic mass is 16.5. The van der Waals surface area contributed by atoms with E-state index in [4.69, 9.17) is 4.74 Å². The van der Waals surface area contributed by atoms with Crippen LogP contribution in [0.3, 0.4) is 0 Å². The number of hydrogen-bond donors (Lipinski definition) is 1. The second-order valence-electron chi connectivity index (χ2n) is 9.20. The summed E-state index contributed by atoms with van der Waals surface area (Å²) >= 11 is 0. The number of benzene rings is 2. The molecule has 1 aliphatic rings. The van der Waals surface area contributed by atoms with E-state index in [-0.39, 0.29) is 5.91 Å². The maximum atomic E-state index is 12.6. The molecule has 6 nitrogen and oxygen atoms in total. The molecule has 0 saturated heterocycles. The summed E-state index contributed by atoms with van der Waals surface area (Å²) in [7, 11) is 1.76. The molecule has 1 amide bonds. The average molecular weight is 473 g/mol. The number of fused-ring (bicyclic) bond motifs is 1. The predicted octanol–water partition coefficient (Wildman–Crippen LogP) is 4.93. The van der Waals surface area contributed by atoms with Gasteiger partial charge in [0.25, 0.3) is 5.91 Å². The van der Waals surface area contributed by atoms with Crippen molar-refractivity contribution >= 4 is 5.91 Å². The smallest absolute Gasteiger partial charge is 0.251 e. The third-order valence-corrected chi connectivity index (χ3v) is 6.86. The Hall–Kier alpha value is -3.25. The SMILES string of the molecule is CCCN(CCCCNC(=O)c1ccc(-c2cncnc2)cc1)C1CCc2c(cccc2OC)C1. The number of ether oxygens (including phenoxy) is 1. The van der Waals surface area contributed by atoms with Gasteiger partial charge in [0.2, 0.25) is 0 Å². The van der Waals surface area contributed by atoms with Crippen LogP contribution in [0.25, 0.3) is 11.1 Å². The number of amides is 1. The summed E-state index contributed by atoms with van der Waals surface area (Å²) in [5.74, 6) is 1.01. The molecule has 0 fully saturated rings. The van der Waals surface area contributed by atoms with Crippen molar-refractivity contribution in [1.82, 2.24) is 20.2 Å². The lowest BCUT2D eigenvalue weighted by Crippen LogP contribution is -2.40. The van der Waals surface area contributed by atoms with Crippen LogP contribution in [0.1, 0.15) is 54.1 Å². The molecule has 184 valence electrons. The van der Waals surface area contributed by atoms with Crippen molar-refractivity contribution in [2.24, 2.45) is 0 Å². The van der Waals surface area contributed by atoms with Gasteiger partial charge in [-0.2, -0.15) is 0 Å². The van der Waals surface area contributed by atoms with E-state index in [1.54, 1.807) is 19.5 Å². The van der Waals surface area contributed by atoms with Crippen LogP contribution < -0.4 is 10.1 Å². The van der Waals surface area contributed by atoms with Crippen LogP contribution in [0.2, 0.25) is 0 Å². The van der Waals surface area contributed by atoms with Gasteiger partial charge in [-0.1, -0.05) is 31.2 Å². The first kappa shape index (κ1) is 24.9. The van der Waals surface area contributed by atoms with Crippen molar-refractivity contribution in [2.75, 3.05) is 26.7 Å². The lowest BCUT2D eigenvalue weighted by molar-refractivity contribution is 0.0952. The Balaban J connectivity index is 1.22. The van der Waals surface area contributed by atoms with Crippen LogP contribution in [0.15, 0.2) is 61.2 Å². The number of nitrogens with zero attached hydrogens (tertiary/aromatic N) is 3. The Morgan fingerprint density at radius 2 is 1.86 bits per heavy atom. The van der Waals surface area contributed by atoms with Crippen LogP contribution in [-0.2, 0) is 12.8 Å². The van der Waals surface area contributed by atoms with Gasteiger partial charge in [0.05, 0.1) is 7.11 Å². The minimum Gasteiger partial charge on any atom is -0.496 e. The third kappa shape index (κ3) is 6.45. The zero-order chi connectivity index (χ0) is 24.5. The van der Waals surface area contributed by atoms with Crippen molar-refractivity contribution in [2.45, 2.75) is 51.5 Å². The maximum absolute atomic E-state index is 12.6. The van der Waals surface area contributed by atoms with Crippen LogP contribution in [-0.4, -0.2) is 53.6 Å². The first-order chi connectivity index (χ1) is 17.2. The van der Waals surface area contributed by atoms with Crippen LogP contribution >= 0.6 is 0 Å². The van der Waals surface area contributed by atoms with E-state index in [1.807, 2.05) is 24.3 Å². The van der Waals surface area contributed by atoms with E-state index in [0.717, 1.165) is 62.1 Å². The standard InChI is InChI=1S/C29H36N4O2/c1-3-16-33(26-13-14-27-24(18-26)7-6-8-28(27)35-2)17-5-4-15-32-29(34)23-11-9-22(10-12-23)25-19-30-21-31-20-25/h6-12,19-21,26H,3-5,13-18H2,1-2H3,(H,32,34). The van der Waals surface area contributed by atoms with Gasteiger partial charge in [-0.25, -0.2) is 9.97 Å². The number of aromatic nitrogens is 2. The highest BCUT2D eigenvalue weighted by Gasteiger charge is 2.25. The van der Waals surface area contributed by atoms with Gasteiger partial charge < -0.3 is 15.0 Å². The Kier molecular flexibility index (Phi) is 8.85. The number of nitrogens with one attached hydrogen (secondary N) is 1. The first-order valence-electron chi connectivity index (χ1n) is 12.7. The molecule has 35 heavy (non-hydrogen) atoms. The molecule has 0 saturated carbocycles. The highest BCUT2D eigenvalue weighted by molar-refractivity contribution is 5.94. The normalized spacial score (nSPS) is 15.0. The van der Waals surface area contributed by atoms with E-state index < -0.39 is 0 Å². The maximum Gasteiger partial charge on any atom is 0.251 e. The summed E-state index contributed by atoms with van der Waals surface area (Å²) in [6.45, 7) is 5.14. The second-order valence-corrected chi connectivity index (χ2v) is 9.20. The number of rotatable bonds is 11. The summed E-state index contributed by atoms with van der Waals surface area (Å²) in [6.07, 6.45) is 11.6. The number of methoxy groups -OCH3 is 1. The molecule has 4 rings (SSSR count). The van der Waals surface area contributed by atoms with Crippen LogP contribution in [0, 0.1) is 0 Å². The van der Waals surface area contributed by atoms with Gasteiger partial charge in [-0.15, -0.1) is 0 Å².